The Hall–Kier alpha value is 0.730. The Balaban J connectivity index is 2.12. The lowest BCUT2D eigenvalue weighted by Gasteiger charge is -2.14. The van der Waals surface area contributed by atoms with Crippen molar-refractivity contribution >= 4 is 22.6 Å². The number of hydrogen-bond acceptors (Lipinski definition) is 0. The van der Waals surface area contributed by atoms with Crippen LogP contribution in [0.15, 0.2) is 0 Å². The molecule has 1 aliphatic rings. The van der Waals surface area contributed by atoms with Crippen LogP contribution in [0.25, 0.3) is 0 Å². The molecule has 0 spiro atoms. The molecule has 0 N–H and O–H groups in total. The van der Waals surface area contributed by atoms with E-state index in [1.165, 1.54) is 51.4 Å². The third kappa shape index (κ3) is 4.68. The highest BCUT2D eigenvalue weighted by atomic mass is 127. The second-order valence-corrected chi connectivity index (χ2v) is 6.34. The van der Waals surface area contributed by atoms with Gasteiger partial charge in [-0.25, -0.2) is 0 Å². The zero-order valence-corrected chi connectivity index (χ0v) is 10.3. The van der Waals surface area contributed by atoms with Crippen LogP contribution in [0.4, 0.5) is 0 Å². The predicted molar refractivity (Wildman–Crippen MR) is 63.9 cm³/mol. The van der Waals surface area contributed by atoms with E-state index in [4.69, 9.17) is 0 Å². The topological polar surface area (TPSA) is 0 Å². The van der Waals surface area contributed by atoms with Crippen molar-refractivity contribution in [2.24, 2.45) is 5.92 Å². The van der Waals surface area contributed by atoms with Gasteiger partial charge in [-0.15, -0.1) is 0 Å². The maximum Gasteiger partial charge on any atom is 0.00814 e. The summed E-state index contributed by atoms with van der Waals surface area (Å²) in [4.78, 5) is 0. The number of alkyl halides is 1. The van der Waals surface area contributed by atoms with Gasteiger partial charge < -0.3 is 0 Å². The molecule has 0 nitrogen and oxygen atoms in total. The molecule has 0 aromatic rings. The molecular weight excluding hydrogens is 259 g/mol. The molecule has 1 atom stereocenters. The van der Waals surface area contributed by atoms with E-state index in [9.17, 15) is 0 Å². The zero-order chi connectivity index (χ0) is 8.81. The quantitative estimate of drug-likeness (QED) is 0.404. The Morgan fingerprint density at radius 3 is 2.25 bits per heavy atom. The minimum atomic E-state index is 0.880. The number of halogens is 1. The highest BCUT2D eigenvalue weighted by Gasteiger charge is 2.12. The van der Waals surface area contributed by atoms with E-state index in [1.54, 1.807) is 0 Å². The maximum atomic E-state index is 2.55. The van der Waals surface area contributed by atoms with E-state index in [1.807, 2.05) is 0 Å². The van der Waals surface area contributed by atoms with Crippen LogP contribution < -0.4 is 0 Å². The van der Waals surface area contributed by atoms with Crippen molar-refractivity contribution in [3.05, 3.63) is 0 Å². The first-order valence-electron chi connectivity index (χ1n) is 5.43. The summed E-state index contributed by atoms with van der Waals surface area (Å²) in [6, 6.07) is 0. The molecule has 1 rings (SSSR count). The van der Waals surface area contributed by atoms with E-state index in [2.05, 4.69) is 29.5 Å². The molecule has 72 valence electrons. The second kappa shape index (κ2) is 6.22. The van der Waals surface area contributed by atoms with E-state index in [-0.39, 0.29) is 0 Å². The number of hydrogen-bond donors (Lipinski definition) is 0. The fourth-order valence-corrected chi connectivity index (χ4v) is 2.48. The van der Waals surface area contributed by atoms with Crippen LogP contribution in [0.2, 0.25) is 0 Å². The summed E-state index contributed by atoms with van der Waals surface area (Å²) in [5.41, 5.74) is 0. The van der Waals surface area contributed by atoms with E-state index in [0.717, 1.165) is 9.84 Å². The molecule has 0 unspecified atom stereocenters. The van der Waals surface area contributed by atoms with Crippen molar-refractivity contribution in [1.29, 1.82) is 0 Å². The van der Waals surface area contributed by atoms with Gasteiger partial charge in [-0.1, -0.05) is 68.0 Å². The molecular formula is C11H21I. The van der Waals surface area contributed by atoms with Crippen LogP contribution in [0, 0.1) is 5.92 Å². The van der Waals surface area contributed by atoms with E-state index < -0.39 is 0 Å². The van der Waals surface area contributed by atoms with Crippen LogP contribution in [-0.2, 0) is 0 Å². The van der Waals surface area contributed by atoms with Crippen LogP contribution in [0.3, 0.4) is 0 Å². The molecule has 1 aliphatic carbocycles. The molecule has 0 radical (unpaired) electrons. The molecule has 1 fully saturated rings. The van der Waals surface area contributed by atoms with Crippen LogP contribution in [0.5, 0.6) is 0 Å². The SMILES string of the molecule is C[C@@H](I)CCC1CCCCCC1. The average Bonchev–Trinajstić information content (AvgIpc) is 2.28. The smallest absolute Gasteiger partial charge is 0.00814 e. The van der Waals surface area contributed by atoms with Gasteiger partial charge in [0.1, 0.15) is 0 Å². The van der Waals surface area contributed by atoms with Crippen molar-refractivity contribution in [3.63, 3.8) is 0 Å². The summed E-state index contributed by atoms with van der Waals surface area (Å²) in [7, 11) is 0. The van der Waals surface area contributed by atoms with E-state index >= 15 is 0 Å². The normalized spacial score (nSPS) is 23.5. The largest absolute Gasteiger partial charge is 0.0829 e. The summed E-state index contributed by atoms with van der Waals surface area (Å²) in [6.07, 6.45) is 12.0. The van der Waals surface area contributed by atoms with Crippen LogP contribution >= 0.6 is 22.6 Å². The first-order chi connectivity index (χ1) is 5.79. The lowest BCUT2D eigenvalue weighted by atomic mass is 9.94. The van der Waals surface area contributed by atoms with Crippen molar-refractivity contribution < 1.29 is 0 Å². The maximum absolute atomic E-state index is 2.55. The fraction of sp³-hybridized carbons (Fsp3) is 1.00. The highest BCUT2D eigenvalue weighted by molar-refractivity contribution is 14.1. The molecule has 0 aromatic carbocycles. The van der Waals surface area contributed by atoms with Crippen molar-refractivity contribution in [3.8, 4) is 0 Å². The predicted octanol–water partition coefficient (Wildman–Crippen LogP) is 4.56. The lowest BCUT2D eigenvalue weighted by Crippen LogP contribution is -2.01. The fourth-order valence-electron chi connectivity index (χ4n) is 2.12. The van der Waals surface area contributed by atoms with Crippen LogP contribution in [-0.4, -0.2) is 3.92 Å². The Kier molecular flexibility index (Phi) is 5.61. The van der Waals surface area contributed by atoms with Gasteiger partial charge in [0.25, 0.3) is 0 Å². The Morgan fingerprint density at radius 2 is 1.75 bits per heavy atom. The first kappa shape index (κ1) is 10.8. The minimum absolute atomic E-state index is 0.880. The van der Waals surface area contributed by atoms with E-state index in [0.29, 0.717) is 0 Å². The van der Waals surface area contributed by atoms with Gasteiger partial charge in [-0.3, -0.25) is 0 Å². The standard InChI is InChI=1S/C11H21I/c1-10(12)8-9-11-6-4-2-3-5-7-11/h10-11H,2-9H2,1H3/t10-/m1/s1. The molecule has 1 heteroatoms. The summed E-state index contributed by atoms with van der Waals surface area (Å²) in [6.45, 7) is 2.33. The molecule has 0 aromatic heterocycles. The van der Waals surface area contributed by atoms with Crippen molar-refractivity contribution in [2.45, 2.75) is 62.2 Å². The van der Waals surface area contributed by atoms with Gasteiger partial charge in [-0.05, 0) is 18.8 Å². The molecule has 0 saturated heterocycles. The van der Waals surface area contributed by atoms with Gasteiger partial charge in [0.05, 0.1) is 0 Å². The Labute approximate surface area is 90.6 Å². The van der Waals surface area contributed by atoms with Gasteiger partial charge in [0.15, 0.2) is 0 Å². The molecule has 1 saturated carbocycles. The molecule has 0 bridgehead atoms. The third-order valence-electron chi connectivity index (χ3n) is 2.95. The minimum Gasteiger partial charge on any atom is -0.0829 e. The molecule has 0 amide bonds. The molecule has 12 heavy (non-hydrogen) atoms. The van der Waals surface area contributed by atoms with Gasteiger partial charge in [0.2, 0.25) is 0 Å². The van der Waals surface area contributed by atoms with Crippen LogP contribution in [0.1, 0.15) is 58.3 Å². The van der Waals surface area contributed by atoms with Crippen molar-refractivity contribution in [2.75, 3.05) is 0 Å². The van der Waals surface area contributed by atoms with Gasteiger partial charge in [0, 0.05) is 3.92 Å². The third-order valence-corrected chi connectivity index (χ3v) is 3.57. The summed E-state index contributed by atoms with van der Waals surface area (Å²) in [5, 5.41) is 0. The van der Waals surface area contributed by atoms with Gasteiger partial charge >= 0.3 is 0 Å². The highest BCUT2D eigenvalue weighted by Crippen LogP contribution is 2.27. The Bertz CT molecular complexity index is 102. The summed E-state index contributed by atoms with van der Waals surface area (Å²) < 4.78 is 0.880. The monoisotopic (exact) mass is 280 g/mol. The molecule has 0 heterocycles. The first-order valence-corrected chi connectivity index (χ1v) is 6.67. The van der Waals surface area contributed by atoms with Crippen molar-refractivity contribution in [1.82, 2.24) is 0 Å². The average molecular weight is 280 g/mol. The molecule has 0 aliphatic heterocycles. The summed E-state index contributed by atoms with van der Waals surface area (Å²) in [5.74, 6) is 1.07. The zero-order valence-electron chi connectivity index (χ0n) is 8.19. The lowest BCUT2D eigenvalue weighted by molar-refractivity contribution is 0.417. The number of rotatable bonds is 3. The Morgan fingerprint density at radius 1 is 1.17 bits per heavy atom. The summed E-state index contributed by atoms with van der Waals surface area (Å²) >= 11 is 2.55. The van der Waals surface area contributed by atoms with Gasteiger partial charge in [-0.2, -0.15) is 0 Å². The second-order valence-electron chi connectivity index (χ2n) is 4.22.